The lowest BCUT2D eigenvalue weighted by atomic mass is 10.1. The second-order valence-electron chi connectivity index (χ2n) is 6.88. The van der Waals surface area contributed by atoms with Crippen molar-refractivity contribution < 1.29 is 9.53 Å². The number of hydrogen-bond donors (Lipinski definition) is 1. The highest BCUT2D eigenvalue weighted by molar-refractivity contribution is 5.99. The van der Waals surface area contributed by atoms with E-state index < -0.39 is 0 Å². The van der Waals surface area contributed by atoms with Gasteiger partial charge in [-0.15, -0.1) is 0 Å². The minimum atomic E-state index is 0.102. The number of anilines is 2. The number of nitrogens with one attached hydrogen (secondary N) is 1. The van der Waals surface area contributed by atoms with Gasteiger partial charge in [-0.3, -0.25) is 9.69 Å². The molecule has 27 heavy (non-hydrogen) atoms. The molecule has 1 aliphatic rings. The first-order valence-electron chi connectivity index (χ1n) is 9.63. The number of carbonyl (C=O) groups excluding carboxylic acids is 1. The number of rotatable bonds is 8. The van der Waals surface area contributed by atoms with Crippen LogP contribution in [0.25, 0.3) is 0 Å². The Morgan fingerprint density at radius 3 is 2.48 bits per heavy atom. The summed E-state index contributed by atoms with van der Waals surface area (Å²) < 4.78 is 5.49. The first kappa shape index (κ1) is 19.2. The van der Waals surface area contributed by atoms with E-state index >= 15 is 0 Å². The van der Waals surface area contributed by atoms with Gasteiger partial charge in [0.05, 0.1) is 12.8 Å². The first-order chi connectivity index (χ1) is 13.2. The van der Waals surface area contributed by atoms with Gasteiger partial charge in [-0.05, 0) is 44.2 Å². The summed E-state index contributed by atoms with van der Waals surface area (Å²) in [7, 11) is 1.73. The summed E-state index contributed by atoms with van der Waals surface area (Å²) >= 11 is 0. The molecular formula is C22H29N3O2. The van der Waals surface area contributed by atoms with Crippen LogP contribution in [0.1, 0.15) is 23.7 Å². The molecule has 0 aliphatic carbocycles. The summed E-state index contributed by atoms with van der Waals surface area (Å²) in [6.45, 7) is 7.69. The lowest BCUT2D eigenvalue weighted by molar-refractivity contribution is 0.101. The number of Topliss-reactive ketones (excluding diaryl/α,β-unsaturated/α-hetero) is 1. The molecule has 0 radical (unpaired) electrons. The molecule has 0 amide bonds. The third-order valence-electron chi connectivity index (χ3n) is 5.07. The van der Waals surface area contributed by atoms with E-state index in [1.54, 1.807) is 14.0 Å². The van der Waals surface area contributed by atoms with Crippen molar-refractivity contribution in [2.75, 3.05) is 56.6 Å². The maximum absolute atomic E-state index is 11.7. The molecule has 1 heterocycles. The Hall–Kier alpha value is -2.53. The van der Waals surface area contributed by atoms with E-state index in [0.717, 1.165) is 62.7 Å². The summed E-state index contributed by atoms with van der Waals surface area (Å²) in [6.07, 6.45) is 1.06. The Labute approximate surface area is 161 Å². The molecule has 2 aromatic carbocycles. The van der Waals surface area contributed by atoms with Crippen molar-refractivity contribution in [1.29, 1.82) is 0 Å². The summed E-state index contributed by atoms with van der Waals surface area (Å²) in [5, 5.41) is 3.41. The molecule has 3 rings (SSSR count). The number of nitrogens with zero attached hydrogens (tertiary/aromatic N) is 2. The Kier molecular flexibility index (Phi) is 6.71. The normalized spacial score (nSPS) is 14.8. The molecule has 1 fully saturated rings. The lowest BCUT2D eigenvalue weighted by Gasteiger charge is -2.36. The Morgan fingerprint density at radius 1 is 1.04 bits per heavy atom. The maximum atomic E-state index is 11.7. The van der Waals surface area contributed by atoms with E-state index in [1.165, 1.54) is 5.69 Å². The highest BCUT2D eigenvalue weighted by Crippen LogP contribution is 2.28. The van der Waals surface area contributed by atoms with Crippen LogP contribution in [-0.2, 0) is 0 Å². The molecule has 0 spiro atoms. The monoisotopic (exact) mass is 367 g/mol. The fourth-order valence-electron chi connectivity index (χ4n) is 3.57. The number of para-hydroxylation sites is 3. The van der Waals surface area contributed by atoms with Gasteiger partial charge in [-0.25, -0.2) is 0 Å². The zero-order chi connectivity index (χ0) is 19.1. The molecule has 1 saturated heterocycles. The molecule has 2 aromatic rings. The Balaban J connectivity index is 1.42. The average molecular weight is 367 g/mol. The predicted molar refractivity (Wildman–Crippen MR) is 111 cm³/mol. The molecule has 0 bridgehead atoms. The van der Waals surface area contributed by atoms with Gasteiger partial charge in [0, 0.05) is 44.0 Å². The van der Waals surface area contributed by atoms with Crippen LogP contribution in [0.4, 0.5) is 11.4 Å². The number of hydrogen-bond acceptors (Lipinski definition) is 5. The van der Waals surface area contributed by atoms with E-state index in [9.17, 15) is 4.79 Å². The van der Waals surface area contributed by atoms with Crippen LogP contribution in [0.15, 0.2) is 48.5 Å². The lowest BCUT2D eigenvalue weighted by Crippen LogP contribution is -2.46. The molecule has 1 aliphatic heterocycles. The van der Waals surface area contributed by atoms with Gasteiger partial charge in [-0.2, -0.15) is 0 Å². The summed E-state index contributed by atoms with van der Waals surface area (Å²) in [5.74, 6) is 1.05. The Morgan fingerprint density at radius 2 is 1.74 bits per heavy atom. The molecule has 5 nitrogen and oxygen atoms in total. The summed E-state index contributed by atoms with van der Waals surface area (Å²) in [5.41, 5.74) is 2.89. The molecule has 1 N–H and O–H groups in total. The number of methoxy groups -OCH3 is 1. The number of benzene rings is 2. The summed E-state index contributed by atoms with van der Waals surface area (Å²) in [6, 6.07) is 15.9. The number of piperazine rings is 1. The molecule has 0 saturated carbocycles. The van der Waals surface area contributed by atoms with Gasteiger partial charge in [0.2, 0.25) is 0 Å². The van der Waals surface area contributed by atoms with Gasteiger partial charge in [0.1, 0.15) is 5.75 Å². The first-order valence-corrected chi connectivity index (χ1v) is 9.63. The van der Waals surface area contributed by atoms with Crippen LogP contribution in [0.3, 0.4) is 0 Å². The van der Waals surface area contributed by atoms with E-state index in [-0.39, 0.29) is 5.78 Å². The van der Waals surface area contributed by atoms with Crippen LogP contribution in [0.5, 0.6) is 5.75 Å². The zero-order valence-electron chi connectivity index (χ0n) is 16.3. The minimum absolute atomic E-state index is 0.102. The second-order valence-corrected chi connectivity index (χ2v) is 6.88. The molecule has 144 valence electrons. The fraction of sp³-hybridized carbons (Fsp3) is 0.409. The van der Waals surface area contributed by atoms with Crippen molar-refractivity contribution in [1.82, 2.24) is 4.90 Å². The highest BCUT2D eigenvalue weighted by Gasteiger charge is 2.19. The quantitative estimate of drug-likeness (QED) is 0.571. The third-order valence-corrected chi connectivity index (χ3v) is 5.07. The van der Waals surface area contributed by atoms with E-state index in [0.29, 0.717) is 0 Å². The minimum Gasteiger partial charge on any atom is -0.495 e. The number of ketones is 1. The van der Waals surface area contributed by atoms with Crippen LogP contribution in [0.2, 0.25) is 0 Å². The average Bonchev–Trinajstić information content (AvgIpc) is 2.72. The van der Waals surface area contributed by atoms with Gasteiger partial charge in [-0.1, -0.05) is 24.3 Å². The highest BCUT2D eigenvalue weighted by atomic mass is 16.5. The SMILES string of the molecule is COc1ccccc1N1CCN(CCCNc2ccccc2C(C)=O)CC1. The second kappa shape index (κ2) is 9.42. The molecule has 0 aromatic heterocycles. The van der Waals surface area contributed by atoms with Crippen molar-refractivity contribution in [2.45, 2.75) is 13.3 Å². The van der Waals surface area contributed by atoms with Crippen molar-refractivity contribution in [3.8, 4) is 5.75 Å². The van der Waals surface area contributed by atoms with E-state index in [2.05, 4.69) is 27.2 Å². The van der Waals surface area contributed by atoms with E-state index in [4.69, 9.17) is 4.74 Å². The van der Waals surface area contributed by atoms with Gasteiger partial charge in [0.25, 0.3) is 0 Å². The van der Waals surface area contributed by atoms with Gasteiger partial charge in [0.15, 0.2) is 5.78 Å². The van der Waals surface area contributed by atoms with E-state index in [1.807, 2.05) is 36.4 Å². The van der Waals surface area contributed by atoms with Gasteiger partial charge >= 0.3 is 0 Å². The van der Waals surface area contributed by atoms with Gasteiger partial charge < -0.3 is 15.0 Å². The Bertz CT molecular complexity index is 755. The van der Waals surface area contributed by atoms with Crippen LogP contribution < -0.4 is 15.0 Å². The van der Waals surface area contributed by atoms with Crippen molar-refractivity contribution in [3.05, 3.63) is 54.1 Å². The standard InChI is InChI=1S/C22H29N3O2/c1-18(26)19-8-3-4-9-20(19)23-12-7-13-24-14-16-25(17-15-24)21-10-5-6-11-22(21)27-2/h3-6,8-11,23H,7,12-17H2,1-2H3. The smallest absolute Gasteiger partial charge is 0.161 e. The summed E-state index contributed by atoms with van der Waals surface area (Å²) in [4.78, 5) is 16.6. The van der Waals surface area contributed by atoms with Crippen LogP contribution >= 0.6 is 0 Å². The third kappa shape index (κ3) is 5.01. The van der Waals surface area contributed by atoms with Crippen LogP contribution in [0, 0.1) is 0 Å². The zero-order valence-corrected chi connectivity index (χ0v) is 16.3. The number of carbonyl (C=O) groups is 1. The molecule has 0 atom stereocenters. The number of ether oxygens (including phenoxy) is 1. The maximum Gasteiger partial charge on any atom is 0.161 e. The largest absolute Gasteiger partial charge is 0.495 e. The van der Waals surface area contributed by atoms with Crippen molar-refractivity contribution >= 4 is 17.2 Å². The molecular weight excluding hydrogens is 338 g/mol. The molecule has 5 heteroatoms. The molecule has 0 unspecified atom stereocenters. The van der Waals surface area contributed by atoms with Crippen molar-refractivity contribution in [2.24, 2.45) is 0 Å². The topological polar surface area (TPSA) is 44.8 Å². The van der Waals surface area contributed by atoms with Crippen LogP contribution in [-0.4, -0.2) is 57.1 Å². The fourth-order valence-corrected chi connectivity index (χ4v) is 3.57. The van der Waals surface area contributed by atoms with Crippen molar-refractivity contribution in [3.63, 3.8) is 0 Å². The predicted octanol–water partition coefficient (Wildman–Crippen LogP) is 3.52.